The van der Waals surface area contributed by atoms with Crippen LogP contribution < -0.4 is 4.74 Å². The van der Waals surface area contributed by atoms with E-state index in [0.717, 1.165) is 23.1 Å². The average Bonchev–Trinajstić information content (AvgIpc) is 3.23. The van der Waals surface area contributed by atoms with Crippen LogP contribution in [-0.4, -0.2) is 45.4 Å². The van der Waals surface area contributed by atoms with Crippen molar-refractivity contribution in [2.45, 2.75) is 59.5 Å². The third kappa shape index (κ3) is 5.20. The first-order valence-corrected chi connectivity index (χ1v) is 12.3. The highest BCUT2D eigenvalue weighted by Gasteiger charge is 2.28. The van der Waals surface area contributed by atoms with Crippen molar-refractivity contribution in [1.29, 1.82) is 5.26 Å². The van der Waals surface area contributed by atoms with E-state index in [-0.39, 0.29) is 12.0 Å². The van der Waals surface area contributed by atoms with Crippen LogP contribution in [0.25, 0.3) is 22.8 Å². The highest BCUT2D eigenvalue weighted by atomic mass is 16.5. The number of nitriles is 1. The van der Waals surface area contributed by atoms with Gasteiger partial charge in [-0.05, 0) is 74.4 Å². The van der Waals surface area contributed by atoms with Gasteiger partial charge in [0, 0.05) is 30.1 Å². The maximum absolute atomic E-state index is 11.8. The Morgan fingerprint density at radius 3 is 2.72 bits per heavy atom. The Balaban J connectivity index is 1.69. The van der Waals surface area contributed by atoms with Gasteiger partial charge in [0.25, 0.3) is 5.89 Å². The summed E-state index contributed by atoms with van der Waals surface area (Å²) in [6.45, 7) is 11.1. The predicted molar refractivity (Wildman–Crippen MR) is 136 cm³/mol. The van der Waals surface area contributed by atoms with Gasteiger partial charge in [-0.2, -0.15) is 10.2 Å². The second kappa shape index (κ2) is 10.4. The van der Waals surface area contributed by atoms with E-state index in [9.17, 15) is 15.2 Å². The minimum atomic E-state index is -0.876. The summed E-state index contributed by atoms with van der Waals surface area (Å²) in [5, 5.41) is 23.4. The van der Waals surface area contributed by atoms with E-state index in [1.54, 1.807) is 18.2 Å². The molecule has 0 aliphatic carbocycles. The van der Waals surface area contributed by atoms with Crippen molar-refractivity contribution >= 4 is 6.09 Å². The predicted octanol–water partition coefficient (Wildman–Crippen LogP) is 6.04. The smallest absolute Gasteiger partial charge is 0.407 e. The fraction of sp³-hybridized carbons (Fsp3) is 0.429. The Bertz CT molecular complexity index is 1310. The number of hydrogen-bond donors (Lipinski definition) is 1. The van der Waals surface area contributed by atoms with Crippen molar-refractivity contribution in [2.24, 2.45) is 5.92 Å². The number of carboxylic acid groups (broad SMARTS) is 1. The van der Waals surface area contributed by atoms with Crippen LogP contribution in [0.1, 0.15) is 62.3 Å². The lowest BCUT2D eigenvalue weighted by atomic mass is 9.84. The molecule has 0 radical (unpaired) electrons. The van der Waals surface area contributed by atoms with Gasteiger partial charge in [-0.3, -0.25) is 0 Å². The van der Waals surface area contributed by atoms with Gasteiger partial charge in [0.05, 0.1) is 11.7 Å². The quantitative estimate of drug-likeness (QED) is 0.450. The Morgan fingerprint density at radius 2 is 2.06 bits per heavy atom. The van der Waals surface area contributed by atoms with Gasteiger partial charge < -0.3 is 19.3 Å². The van der Waals surface area contributed by atoms with E-state index in [1.165, 1.54) is 10.5 Å². The molecule has 1 aliphatic rings. The molecule has 8 heteroatoms. The van der Waals surface area contributed by atoms with E-state index >= 15 is 0 Å². The highest BCUT2D eigenvalue weighted by Crippen LogP contribution is 2.36. The fourth-order valence-corrected chi connectivity index (χ4v) is 4.94. The first kappa shape index (κ1) is 25.2. The number of rotatable bonds is 6. The highest BCUT2D eigenvalue weighted by molar-refractivity contribution is 5.68. The van der Waals surface area contributed by atoms with Crippen LogP contribution in [-0.2, 0) is 6.42 Å². The van der Waals surface area contributed by atoms with Crippen molar-refractivity contribution in [3.63, 3.8) is 0 Å². The molecule has 1 atom stereocenters. The average molecular weight is 489 g/mol. The Kier molecular flexibility index (Phi) is 7.30. The van der Waals surface area contributed by atoms with Gasteiger partial charge in [0.1, 0.15) is 11.8 Å². The molecule has 1 amide bonds. The fourth-order valence-electron chi connectivity index (χ4n) is 4.94. The summed E-state index contributed by atoms with van der Waals surface area (Å²) in [5.74, 6) is 1.90. The number of fused-ring (bicyclic) bond motifs is 1. The van der Waals surface area contributed by atoms with E-state index in [4.69, 9.17) is 9.26 Å². The van der Waals surface area contributed by atoms with Crippen LogP contribution in [0.4, 0.5) is 4.79 Å². The zero-order valence-corrected chi connectivity index (χ0v) is 21.4. The molecule has 1 aliphatic heterocycles. The molecule has 0 spiro atoms. The minimum absolute atomic E-state index is 0.0446. The van der Waals surface area contributed by atoms with Crippen molar-refractivity contribution in [2.75, 3.05) is 13.1 Å². The topological polar surface area (TPSA) is 112 Å². The molecular weight excluding hydrogens is 456 g/mol. The van der Waals surface area contributed by atoms with Crippen LogP contribution in [0.5, 0.6) is 5.75 Å². The van der Waals surface area contributed by atoms with Crippen molar-refractivity contribution < 1.29 is 19.2 Å². The van der Waals surface area contributed by atoms with Crippen molar-refractivity contribution in [3.8, 4) is 34.7 Å². The van der Waals surface area contributed by atoms with Gasteiger partial charge in [-0.1, -0.05) is 31.1 Å². The molecule has 8 nitrogen and oxygen atoms in total. The molecule has 0 fully saturated rings. The van der Waals surface area contributed by atoms with E-state index in [0.29, 0.717) is 54.0 Å². The van der Waals surface area contributed by atoms with Crippen LogP contribution in [0.2, 0.25) is 0 Å². The lowest BCUT2D eigenvalue weighted by molar-refractivity contribution is 0.142. The number of hydrogen-bond acceptors (Lipinski definition) is 6. The van der Waals surface area contributed by atoms with Crippen LogP contribution in [0.15, 0.2) is 34.9 Å². The van der Waals surface area contributed by atoms with Gasteiger partial charge in [0.15, 0.2) is 0 Å². The van der Waals surface area contributed by atoms with Crippen LogP contribution in [0, 0.1) is 24.2 Å². The Hall–Kier alpha value is -3.86. The third-order valence-corrected chi connectivity index (χ3v) is 6.55. The second-order valence-electron chi connectivity index (χ2n) is 10.0. The second-order valence-corrected chi connectivity index (χ2v) is 10.0. The lowest BCUT2D eigenvalue weighted by Gasteiger charge is -2.24. The molecular formula is C28H32N4O4. The van der Waals surface area contributed by atoms with E-state index in [1.807, 2.05) is 26.8 Å². The number of amides is 1. The van der Waals surface area contributed by atoms with Crippen molar-refractivity contribution in [1.82, 2.24) is 15.0 Å². The normalized spacial score (nSPS) is 15.5. The molecule has 0 saturated carbocycles. The summed E-state index contributed by atoms with van der Waals surface area (Å²) in [4.78, 5) is 17.9. The zero-order chi connectivity index (χ0) is 26.0. The Morgan fingerprint density at radius 1 is 1.28 bits per heavy atom. The van der Waals surface area contributed by atoms with Crippen LogP contribution >= 0.6 is 0 Å². The summed E-state index contributed by atoms with van der Waals surface area (Å²) in [6.07, 6.45) is 0.638. The molecule has 2 aromatic carbocycles. The number of nitrogens with zero attached hydrogens (tertiary/aromatic N) is 4. The summed E-state index contributed by atoms with van der Waals surface area (Å²) >= 11 is 0. The maximum Gasteiger partial charge on any atom is 0.407 e. The molecule has 188 valence electrons. The molecule has 36 heavy (non-hydrogen) atoms. The summed E-state index contributed by atoms with van der Waals surface area (Å²) < 4.78 is 11.3. The monoisotopic (exact) mass is 488 g/mol. The lowest BCUT2D eigenvalue weighted by Crippen LogP contribution is -2.33. The molecule has 2 heterocycles. The number of benzene rings is 2. The molecule has 1 aromatic heterocycles. The number of aromatic nitrogens is 2. The summed E-state index contributed by atoms with van der Waals surface area (Å²) in [7, 11) is 0. The maximum atomic E-state index is 11.8. The standard InChI is InChI=1S/C28H32N4O4/c1-16(2)12-21-15-32(28(33)34)11-10-22-18(5)23(7-8-24(21)22)26-30-27(36-31-26)19-6-9-25(35-17(3)4)20(13-19)14-29/h6-9,13,16-17,21H,10-12,15H2,1-5H3,(H,33,34). The Labute approximate surface area is 211 Å². The molecule has 3 aromatic rings. The van der Waals surface area contributed by atoms with Gasteiger partial charge in [0.2, 0.25) is 5.82 Å². The van der Waals surface area contributed by atoms with Gasteiger partial charge in [-0.15, -0.1) is 0 Å². The molecule has 1 unspecified atom stereocenters. The third-order valence-electron chi connectivity index (χ3n) is 6.55. The molecule has 1 N–H and O–H groups in total. The van der Waals surface area contributed by atoms with Gasteiger partial charge in [-0.25, -0.2) is 4.79 Å². The van der Waals surface area contributed by atoms with Crippen LogP contribution in [0.3, 0.4) is 0 Å². The summed E-state index contributed by atoms with van der Waals surface area (Å²) in [5.41, 5.74) is 5.31. The molecule has 0 bridgehead atoms. The zero-order valence-electron chi connectivity index (χ0n) is 21.4. The minimum Gasteiger partial charge on any atom is -0.490 e. The van der Waals surface area contributed by atoms with Crippen molar-refractivity contribution in [3.05, 3.63) is 52.6 Å². The summed E-state index contributed by atoms with van der Waals surface area (Å²) in [6, 6.07) is 11.5. The first-order valence-electron chi connectivity index (χ1n) is 12.3. The van der Waals surface area contributed by atoms with E-state index in [2.05, 4.69) is 36.1 Å². The largest absolute Gasteiger partial charge is 0.490 e. The molecule has 4 rings (SSSR count). The number of carbonyl (C=O) groups is 1. The number of ether oxygens (including phenoxy) is 1. The molecule has 0 saturated heterocycles. The van der Waals surface area contributed by atoms with E-state index < -0.39 is 6.09 Å². The first-order chi connectivity index (χ1) is 17.2. The van der Waals surface area contributed by atoms with Gasteiger partial charge >= 0.3 is 6.09 Å². The SMILES string of the molecule is Cc1c(-c2noc(-c3ccc(OC(C)C)c(C#N)c3)n2)ccc2c1CCN(C(=O)O)CC2CC(C)C.